The molecule has 0 saturated carbocycles. The fourth-order valence-electron chi connectivity index (χ4n) is 4.93. The Balaban J connectivity index is 1.51. The van der Waals surface area contributed by atoms with Crippen LogP contribution in [0.25, 0.3) is 0 Å². The number of nitrogens with zero attached hydrogens (tertiary/aromatic N) is 2. The summed E-state index contributed by atoms with van der Waals surface area (Å²) in [5, 5.41) is 0. The summed E-state index contributed by atoms with van der Waals surface area (Å²) in [6.45, 7) is 8.45. The molecule has 2 fully saturated rings. The zero-order chi connectivity index (χ0) is 17.6. The predicted octanol–water partition coefficient (Wildman–Crippen LogP) is 4.18. The van der Waals surface area contributed by atoms with E-state index in [2.05, 4.69) is 48.0 Å². The van der Waals surface area contributed by atoms with Gasteiger partial charge in [0.1, 0.15) is 5.82 Å². The fourth-order valence-corrected chi connectivity index (χ4v) is 4.93. The van der Waals surface area contributed by atoms with E-state index in [0.717, 1.165) is 31.1 Å². The van der Waals surface area contributed by atoms with Crippen LogP contribution in [-0.2, 0) is 6.54 Å². The van der Waals surface area contributed by atoms with Gasteiger partial charge in [-0.15, -0.1) is 0 Å². The van der Waals surface area contributed by atoms with E-state index >= 15 is 0 Å². The van der Waals surface area contributed by atoms with E-state index in [9.17, 15) is 4.39 Å². The van der Waals surface area contributed by atoms with Crippen LogP contribution in [-0.4, -0.2) is 36.5 Å². The lowest BCUT2D eigenvalue weighted by molar-refractivity contribution is 0.224. The highest BCUT2D eigenvalue weighted by Crippen LogP contribution is 2.45. The number of hydrogen-bond acceptors (Lipinski definition) is 2. The highest BCUT2D eigenvalue weighted by molar-refractivity contribution is 5.31. The van der Waals surface area contributed by atoms with Crippen molar-refractivity contribution in [2.45, 2.75) is 26.4 Å². The van der Waals surface area contributed by atoms with Gasteiger partial charge >= 0.3 is 0 Å². The van der Waals surface area contributed by atoms with Crippen LogP contribution < -0.4 is 0 Å². The number of rotatable bonds is 3. The molecule has 2 aromatic rings. The monoisotopic (exact) mass is 338 g/mol. The molecule has 4 rings (SSSR count). The first-order valence-corrected chi connectivity index (χ1v) is 9.26. The molecule has 2 aliphatic rings. The maximum atomic E-state index is 13.5. The Morgan fingerprint density at radius 3 is 2.56 bits per heavy atom. The molecule has 132 valence electrons. The largest absolute Gasteiger partial charge is 0.299 e. The predicted molar refractivity (Wildman–Crippen MR) is 99.9 cm³/mol. The van der Waals surface area contributed by atoms with E-state index in [1.54, 1.807) is 6.07 Å². The quantitative estimate of drug-likeness (QED) is 0.828. The van der Waals surface area contributed by atoms with Gasteiger partial charge in [-0.3, -0.25) is 9.80 Å². The summed E-state index contributed by atoms with van der Waals surface area (Å²) in [6, 6.07) is 14.9. The standard InChI is InChI=1S/C22H27FN2/c1-15-6-4-5-7-19(15)22-20-14-25(13-18(20)12-24(22)3)11-17-8-9-21(23)16(2)10-17/h4-10,18,20,22H,11-14H2,1-3H3/t18-,20+,22+/m0/s1. The average molecular weight is 338 g/mol. The van der Waals surface area contributed by atoms with Gasteiger partial charge in [-0.1, -0.05) is 36.4 Å². The van der Waals surface area contributed by atoms with Gasteiger partial charge in [0.2, 0.25) is 0 Å². The summed E-state index contributed by atoms with van der Waals surface area (Å²) in [7, 11) is 2.27. The van der Waals surface area contributed by atoms with E-state index < -0.39 is 0 Å². The highest BCUT2D eigenvalue weighted by atomic mass is 19.1. The molecule has 25 heavy (non-hydrogen) atoms. The zero-order valence-corrected chi connectivity index (χ0v) is 15.4. The summed E-state index contributed by atoms with van der Waals surface area (Å²) in [5.74, 6) is 1.31. The van der Waals surface area contributed by atoms with Crippen LogP contribution in [0.15, 0.2) is 42.5 Å². The number of likely N-dealkylation sites (tertiary alicyclic amines) is 2. The molecule has 3 heteroatoms. The summed E-state index contributed by atoms with van der Waals surface area (Å²) < 4.78 is 13.5. The van der Waals surface area contributed by atoms with Crippen molar-refractivity contribution >= 4 is 0 Å². The van der Waals surface area contributed by atoms with E-state index in [0.29, 0.717) is 12.0 Å². The van der Waals surface area contributed by atoms with Crippen LogP contribution in [0, 0.1) is 31.5 Å². The van der Waals surface area contributed by atoms with Gasteiger partial charge in [-0.2, -0.15) is 0 Å². The summed E-state index contributed by atoms with van der Waals surface area (Å²) in [6.07, 6.45) is 0. The first kappa shape index (κ1) is 16.7. The second kappa shape index (κ2) is 6.54. The molecule has 0 amide bonds. The lowest BCUT2D eigenvalue weighted by Crippen LogP contribution is -2.29. The molecule has 2 aliphatic heterocycles. The van der Waals surface area contributed by atoms with Crippen molar-refractivity contribution in [3.8, 4) is 0 Å². The van der Waals surface area contributed by atoms with Crippen LogP contribution in [0.5, 0.6) is 0 Å². The van der Waals surface area contributed by atoms with Crippen LogP contribution in [0.2, 0.25) is 0 Å². The minimum atomic E-state index is -0.108. The molecule has 0 spiro atoms. The molecule has 0 unspecified atom stereocenters. The molecule has 0 aromatic heterocycles. The van der Waals surface area contributed by atoms with Crippen molar-refractivity contribution in [2.24, 2.45) is 11.8 Å². The van der Waals surface area contributed by atoms with Crippen molar-refractivity contribution in [3.63, 3.8) is 0 Å². The minimum absolute atomic E-state index is 0.108. The van der Waals surface area contributed by atoms with Gasteiger partial charge in [0.05, 0.1) is 0 Å². The number of hydrogen-bond donors (Lipinski definition) is 0. The lowest BCUT2D eigenvalue weighted by atomic mass is 9.88. The minimum Gasteiger partial charge on any atom is -0.299 e. The van der Waals surface area contributed by atoms with Crippen molar-refractivity contribution in [1.82, 2.24) is 9.80 Å². The molecule has 2 saturated heterocycles. The fraction of sp³-hybridized carbons (Fsp3) is 0.455. The number of halogens is 1. The third-order valence-corrected chi connectivity index (χ3v) is 6.11. The molecule has 0 N–H and O–H groups in total. The van der Waals surface area contributed by atoms with E-state index in [1.807, 2.05) is 19.1 Å². The summed E-state index contributed by atoms with van der Waals surface area (Å²) in [5.41, 5.74) is 4.85. The molecule has 2 nitrogen and oxygen atoms in total. The molecule has 0 bridgehead atoms. The van der Waals surface area contributed by atoms with Crippen LogP contribution in [0.1, 0.15) is 28.3 Å². The summed E-state index contributed by atoms with van der Waals surface area (Å²) in [4.78, 5) is 5.09. The Kier molecular flexibility index (Phi) is 4.38. The number of fused-ring (bicyclic) bond motifs is 1. The molecule has 2 heterocycles. The first-order valence-electron chi connectivity index (χ1n) is 9.26. The Labute approximate surface area is 150 Å². The van der Waals surface area contributed by atoms with Gasteiger partial charge in [-0.05, 0) is 61.1 Å². The Morgan fingerprint density at radius 1 is 1.00 bits per heavy atom. The third-order valence-electron chi connectivity index (χ3n) is 6.11. The Hall–Kier alpha value is -1.71. The molecular weight excluding hydrogens is 311 g/mol. The van der Waals surface area contributed by atoms with Gasteiger partial charge in [0.15, 0.2) is 0 Å². The van der Waals surface area contributed by atoms with E-state index in [1.165, 1.54) is 23.2 Å². The van der Waals surface area contributed by atoms with E-state index in [4.69, 9.17) is 0 Å². The summed E-state index contributed by atoms with van der Waals surface area (Å²) >= 11 is 0. The smallest absolute Gasteiger partial charge is 0.126 e. The Bertz CT molecular complexity index is 772. The van der Waals surface area contributed by atoms with Crippen molar-refractivity contribution in [2.75, 3.05) is 26.7 Å². The molecule has 0 aliphatic carbocycles. The van der Waals surface area contributed by atoms with Crippen LogP contribution in [0.4, 0.5) is 4.39 Å². The Morgan fingerprint density at radius 2 is 1.80 bits per heavy atom. The molecular formula is C22H27FN2. The second-order valence-electron chi connectivity index (χ2n) is 7.94. The van der Waals surface area contributed by atoms with E-state index in [-0.39, 0.29) is 5.82 Å². The van der Waals surface area contributed by atoms with Crippen molar-refractivity contribution < 1.29 is 4.39 Å². The van der Waals surface area contributed by atoms with Crippen molar-refractivity contribution in [3.05, 3.63) is 70.5 Å². The maximum absolute atomic E-state index is 13.5. The normalized spacial score (nSPS) is 27.0. The van der Waals surface area contributed by atoms with Crippen molar-refractivity contribution in [1.29, 1.82) is 0 Å². The molecule has 2 aromatic carbocycles. The van der Waals surface area contributed by atoms with Gasteiger partial charge < -0.3 is 0 Å². The van der Waals surface area contributed by atoms with Gasteiger partial charge in [0.25, 0.3) is 0 Å². The second-order valence-corrected chi connectivity index (χ2v) is 7.94. The SMILES string of the molecule is Cc1cc(CN2C[C@@H]3CN(C)[C@H](c4ccccc4C)[C@@H]3C2)ccc1F. The average Bonchev–Trinajstić information content (AvgIpc) is 3.08. The zero-order valence-electron chi connectivity index (χ0n) is 15.4. The lowest BCUT2D eigenvalue weighted by Gasteiger charge is -2.28. The highest BCUT2D eigenvalue weighted by Gasteiger charge is 2.46. The topological polar surface area (TPSA) is 6.48 Å². The van der Waals surface area contributed by atoms with Gasteiger partial charge in [-0.25, -0.2) is 4.39 Å². The van der Waals surface area contributed by atoms with Crippen LogP contribution >= 0.6 is 0 Å². The molecule has 0 radical (unpaired) electrons. The number of benzene rings is 2. The van der Waals surface area contributed by atoms with Gasteiger partial charge in [0, 0.05) is 32.2 Å². The third kappa shape index (κ3) is 3.11. The first-order chi connectivity index (χ1) is 12.0. The maximum Gasteiger partial charge on any atom is 0.126 e. The number of aryl methyl sites for hydroxylation is 2. The van der Waals surface area contributed by atoms with Crippen LogP contribution in [0.3, 0.4) is 0 Å². The molecule has 3 atom stereocenters.